The molecule has 0 amide bonds. The van der Waals surface area contributed by atoms with Crippen LogP contribution in [0.5, 0.6) is 0 Å². The second-order valence-electron chi connectivity index (χ2n) is 3.32. The molecule has 1 aliphatic rings. The molecule has 1 atom stereocenters. The quantitative estimate of drug-likeness (QED) is 0.662. The van der Waals surface area contributed by atoms with E-state index < -0.39 is 6.17 Å². The molecule has 1 aliphatic heterocycles. The Bertz CT molecular complexity index is 306. The summed E-state index contributed by atoms with van der Waals surface area (Å²) in [5.74, 6) is 0.822. The smallest absolute Gasteiger partial charge is 0.118 e. The van der Waals surface area contributed by atoms with E-state index in [0.29, 0.717) is 13.0 Å². The molecule has 0 spiro atoms. The monoisotopic (exact) mass is 406 g/mol. The first-order valence-corrected chi connectivity index (χ1v) is 4.43. The fraction of sp³-hybridized carbons (Fsp3) is 0.400. The van der Waals surface area contributed by atoms with E-state index in [0.717, 1.165) is 17.9 Å². The van der Waals surface area contributed by atoms with Gasteiger partial charge in [-0.3, -0.25) is 0 Å². The summed E-state index contributed by atoms with van der Waals surface area (Å²) in [7, 11) is 0. The van der Waals surface area contributed by atoms with Crippen molar-refractivity contribution in [2.24, 2.45) is 0 Å². The van der Waals surface area contributed by atoms with E-state index in [2.05, 4.69) is 11.9 Å². The van der Waals surface area contributed by atoms with Crippen molar-refractivity contribution in [3.8, 4) is 0 Å². The largest absolute Gasteiger partial charge is 0.405 e. The first-order valence-electron chi connectivity index (χ1n) is 4.43. The van der Waals surface area contributed by atoms with Crippen LogP contribution >= 0.6 is 0 Å². The normalized spacial score (nSPS) is 20.6. The third-order valence-corrected chi connectivity index (χ3v) is 2.30. The molecule has 0 saturated carbocycles. The molecule has 14 heavy (non-hydrogen) atoms. The van der Waals surface area contributed by atoms with Crippen LogP contribution in [-0.2, 0) is 0 Å². The molecule has 2 rings (SSSR count). The second-order valence-corrected chi connectivity index (χ2v) is 3.32. The van der Waals surface area contributed by atoms with Crippen LogP contribution in [0.1, 0.15) is 12.0 Å². The fourth-order valence-corrected chi connectivity index (χ4v) is 1.63. The topological polar surface area (TPSA) is 16.1 Å². The Balaban J connectivity index is 0.000000980. The van der Waals surface area contributed by atoms with Gasteiger partial charge < -0.3 is 9.88 Å². The van der Waals surface area contributed by atoms with Crippen LogP contribution in [0.3, 0.4) is 0 Å². The number of nitrogens with zero attached hydrogens (tertiary/aromatic N) is 2. The molecule has 73 valence electrons. The molecule has 2 nitrogen and oxygen atoms in total. The minimum atomic E-state index is -0.707. The summed E-state index contributed by atoms with van der Waals surface area (Å²) in [6.45, 7) is 5.07. The Kier molecular flexibility index (Phi) is 4.66. The van der Waals surface area contributed by atoms with E-state index >= 15 is 0 Å². The molecule has 1 radical (unpaired) electrons. The molecule has 1 aromatic rings. The zero-order chi connectivity index (χ0) is 9.26. The van der Waals surface area contributed by atoms with Gasteiger partial charge in [0.1, 0.15) is 6.17 Å². The summed E-state index contributed by atoms with van der Waals surface area (Å²) in [5, 5.41) is 0. The molecule has 4 heteroatoms. The number of anilines is 1. The van der Waals surface area contributed by atoms with E-state index in [1.54, 1.807) is 6.20 Å². The van der Waals surface area contributed by atoms with E-state index in [-0.39, 0.29) is 44.1 Å². The average Bonchev–Trinajstić information content (AvgIpc) is 2.53. The van der Waals surface area contributed by atoms with Gasteiger partial charge in [0.15, 0.2) is 0 Å². The summed E-state index contributed by atoms with van der Waals surface area (Å²) in [6.07, 6.45) is 1.62. The van der Waals surface area contributed by atoms with Crippen molar-refractivity contribution < 1.29 is 48.5 Å². The van der Waals surface area contributed by atoms with Crippen molar-refractivity contribution in [3.63, 3.8) is 0 Å². The predicted molar refractivity (Wildman–Crippen MR) is 50.4 cm³/mol. The van der Waals surface area contributed by atoms with E-state index in [4.69, 9.17) is 0 Å². The van der Waals surface area contributed by atoms with Crippen LogP contribution < -0.4 is 4.90 Å². The van der Waals surface area contributed by atoms with E-state index in [1.807, 2.05) is 17.0 Å². The van der Waals surface area contributed by atoms with Crippen LogP contribution in [0.25, 0.3) is 0 Å². The number of hydrogen-bond donors (Lipinski definition) is 0. The maximum Gasteiger partial charge on any atom is 0.118 e. The zero-order valence-electron chi connectivity index (χ0n) is 7.99. The molecule has 0 aliphatic carbocycles. The van der Waals surface area contributed by atoms with Gasteiger partial charge in [0.2, 0.25) is 0 Å². The maximum atomic E-state index is 12.9. The third kappa shape index (κ3) is 2.61. The van der Waals surface area contributed by atoms with Crippen molar-refractivity contribution in [1.82, 2.24) is 4.98 Å². The number of halogens is 1. The van der Waals surface area contributed by atoms with Crippen molar-refractivity contribution in [1.29, 1.82) is 0 Å². The second kappa shape index (κ2) is 5.32. The number of hydrogen-bond acceptors (Lipinski definition) is 2. The zero-order valence-corrected chi connectivity index (χ0v) is 12.7. The van der Waals surface area contributed by atoms with Gasteiger partial charge >= 0.3 is 0 Å². The van der Waals surface area contributed by atoms with Gasteiger partial charge in [0.05, 0.1) is 0 Å². The maximum absolute atomic E-state index is 12.9. The molecule has 1 aromatic heterocycles. The van der Waals surface area contributed by atoms with Gasteiger partial charge in [-0.05, 0) is 6.42 Å². The van der Waals surface area contributed by atoms with Gasteiger partial charge in [0, 0.05) is 69.2 Å². The van der Waals surface area contributed by atoms with Gasteiger partial charge in [0.25, 0.3) is 0 Å². The first kappa shape index (κ1) is 12.3. The number of alkyl halides is 1. The van der Waals surface area contributed by atoms with Crippen molar-refractivity contribution in [3.05, 3.63) is 30.8 Å². The molecule has 1 saturated heterocycles. The molecule has 0 N–H and O–H groups in total. The summed E-state index contributed by atoms with van der Waals surface area (Å²) in [6, 6.07) is 3.74. The third-order valence-electron chi connectivity index (χ3n) is 2.30. The number of rotatable bonds is 1. The van der Waals surface area contributed by atoms with Crippen LogP contribution in [0.15, 0.2) is 18.3 Å². The van der Waals surface area contributed by atoms with Crippen LogP contribution in [0, 0.1) is 51.0 Å². The number of aromatic nitrogens is 1. The molecule has 0 aromatic carbocycles. The SMILES string of the molecule is [Ac].[CH2-]c1cccnc1N1CCC(F)C1. The summed E-state index contributed by atoms with van der Waals surface area (Å²) < 4.78 is 12.9. The molecule has 0 bridgehead atoms. The molecular formula is C10H12AcFN2-. The Hall–Kier alpha value is 0.192. The molecule has 2 heterocycles. The van der Waals surface area contributed by atoms with Gasteiger partial charge in [-0.25, -0.2) is 4.39 Å². The van der Waals surface area contributed by atoms with Gasteiger partial charge in [-0.15, -0.1) is 6.07 Å². The fourth-order valence-electron chi connectivity index (χ4n) is 1.63. The first-order chi connectivity index (χ1) is 6.27. The Morgan fingerprint density at radius 3 is 2.93 bits per heavy atom. The standard InChI is InChI=1S/C10H12FN2.Ac/c1-8-3-2-5-12-10(8)13-6-4-9(11)7-13;/h2-3,5,9H,1,4,6-7H2;/q-1;. The van der Waals surface area contributed by atoms with E-state index in [9.17, 15) is 4.39 Å². The average molecular weight is 406 g/mol. The summed E-state index contributed by atoms with van der Waals surface area (Å²) >= 11 is 0. The Labute approximate surface area is 119 Å². The number of pyridine rings is 1. The predicted octanol–water partition coefficient (Wildman–Crippen LogP) is 1.81. The van der Waals surface area contributed by atoms with Crippen LogP contribution in [0.2, 0.25) is 0 Å². The summed E-state index contributed by atoms with van der Waals surface area (Å²) in [5.41, 5.74) is 0.872. The van der Waals surface area contributed by atoms with Crippen molar-refractivity contribution >= 4 is 5.82 Å². The van der Waals surface area contributed by atoms with E-state index in [1.165, 1.54) is 0 Å². The van der Waals surface area contributed by atoms with Crippen molar-refractivity contribution in [2.45, 2.75) is 12.6 Å². The minimum absolute atomic E-state index is 0. The van der Waals surface area contributed by atoms with Crippen molar-refractivity contribution in [2.75, 3.05) is 18.0 Å². The molecule has 1 unspecified atom stereocenters. The van der Waals surface area contributed by atoms with Gasteiger partial charge in [-0.2, -0.15) is 18.6 Å². The summed E-state index contributed by atoms with van der Waals surface area (Å²) in [4.78, 5) is 6.14. The van der Waals surface area contributed by atoms with Gasteiger partial charge in [-0.1, -0.05) is 0 Å². The minimum Gasteiger partial charge on any atom is -0.405 e. The Morgan fingerprint density at radius 1 is 1.57 bits per heavy atom. The molecule has 1 fully saturated rings. The van der Waals surface area contributed by atoms with Crippen LogP contribution in [0.4, 0.5) is 10.2 Å². The van der Waals surface area contributed by atoms with Crippen LogP contribution in [-0.4, -0.2) is 24.2 Å². The molecular weight excluding hydrogens is 394 g/mol. The Morgan fingerprint density at radius 2 is 2.36 bits per heavy atom.